The van der Waals surface area contributed by atoms with Gasteiger partial charge in [-0.2, -0.15) is 0 Å². The van der Waals surface area contributed by atoms with Crippen molar-refractivity contribution in [2.24, 2.45) is 5.92 Å². The van der Waals surface area contributed by atoms with Gasteiger partial charge in [0, 0.05) is 22.2 Å². The minimum Gasteiger partial charge on any atom is -0.310 e. The van der Waals surface area contributed by atoms with Crippen LogP contribution in [0.4, 0.5) is 17.1 Å². The lowest BCUT2D eigenvalue weighted by molar-refractivity contribution is 0.660. The number of aryl methyl sites for hydroxylation is 1. The molecule has 0 bridgehead atoms. The van der Waals surface area contributed by atoms with Crippen LogP contribution < -0.4 is 4.90 Å². The largest absolute Gasteiger partial charge is 0.310 e. The second-order valence-corrected chi connectivity index (χ2v) is 16.6. The summed E-state index contributed by atoms with van der Waals surface area (Å²) in [5, 5.41) is 2.48. The first-order chi connectivity index (χ1) is 28.3. The Hall–Kier alpha value is -6.70. The molecule has 1 unspecified atom stereocenters. The zero-order valence-corrected chi connectivity index (χ0v) is 33.7. The summed E-state index contributed by atoms with van der Waals surface area (Å²) < 4.78 is 0. The first-order valence-corrected chi connectivity index (χ1v) is 20.7. The van der Waals surface area contributed by atoms with Crippen molar-refractivity contribution in [3.05, 3.63) is 222 Å². The number of hydrogen-bond donors (Lipinski definition) is 0. The monoisotopic (exact) mass is 745 g/mol. The zero-order chi connectivity index (χ0) is 39.4. The van der Waals surface area contributed by atoms with Crippen LogP contribution in [0.1, 0.15) is 55.0 Å². The predicted octanol–water partition coefficient (Wildman–Crippen LogP) is 15.8. The summed E-state index contributed by atoms with van der Waals surface area (Å²) >= 11 is 0. The van der Waals surface area contributed by atoms with Crippen LogP contribution in [-0.2, 0) is 5.41 Å². The van der Waals surface area contributed by atoms with E-state index in [-0.39, 0.29) is 5.41 Å². The number of anilines is 3. The van der Waals surface area contributed by atoms with E-state index in [2.05, 4.69) is 227 Å². The lowest BCUT2D eigenvalue weighted by Crippen LogP contribution is -2.14. The fourth-order valence-electron chi connectivity index (χ4n) is 9.50. The number of rotatable bonds is 7. The quantitative estimate of drug-likeness (QED) is 0.157. The minimum atomic E-state index is -0.0401. The van der Waals surface area contributed by atoms with E-state index in [4.69, 9.17) is 0 Å². The minimum absolute atomic E-state index is 0.0401. The van der Waals surface area contributed by atoms with Crippen LogP contribution in [-0.4, -0.2) is 0 Å². The molecule has 0 aromatic heterocycles. The van der Waals surface area contributed by atoms with Crippen LogP contribution in [0.15, 0.2) is 194 Å². The third-order valence-electron chi connectivity index (χ3n) is 12.7. The van der Waals surface area contributed by atoms with Gasteiger partial charge in [0.2, 0.25) is 0 Å². The summed E-state index contributed by atoms with van der Waals surface area (Å²) in [6.07, 6.45) is 5.90. The normalized spacial score (nSPS) is 15.3. The summed E-state index contributed by atoms with van der Waals surface area (Å²) in [4.78, 5) is 2.43. The maximum absolute atomic E-state index is 2.44. The van der Waals surface area contributed by atoms with E-state index in [0.717, 1.165) is 23.5 Å². The number of hydrogen-bond acceptors (Lipinski definition) is 1. The van der Waals surface area contributed by atoms with Crippen molar-refractivity contribution in [3.8, 4) is 33.4 Å². The first kappa shape index (κ1) is 35.7. The van der Waals surface area contributed by atoms with Gasteiger partial charge in [-0.25, -0.2) is 0 Å². The third kappa shape index (κ3) is 6.10. The average molecular weight is 746 g/mol. The molecule has 1 atom stereocenters. The predicted molar refractivity (Wildman–Crippen MR) is 248 cm³/mol. The molecule has 0 fully saturated rings. The van der Waals surface area contributed by atoms with E-state index in [1.807, 2.05) is 0 Å². The van der Waals surface area contributed by atoms with Gasteiger partial charge in [0.25, 0.3) is 0 Å². The molecule has 58 heavy (non-hydrogen) atoms. The molecule has 2 aliphatic rings. The summed E-state index contributed by atoms with van der Waals surface area (Å²) in [6.45, 7) is 9.28. The topological polar surface area (TPSA) is 3.24 Å². The molecule has 0 aliphatic heterocycles. The van der Waals surface area contributed by atoms with E-state index in [9.17, 15) is 0 Å². The zero-order valence-electron chi connectivity index (χ0n) is 33.7. The van der Waals surface area contributed by atoms with Gasteiger partial charge in [0.05, 0.1) is 5.69 Å². The Morgan fingerprint density at radius 1 is 0.483 bits per heavy atom. The van der Waals surface area contributed by atoms with Gasteiger partial charge in [-0.15, -0.1) is 0 Å². The van der Waals surface area contributed by atoms with Crippen molar-refractivity contribution >= 4 is 39.0 Å². The van der Waals surface area contributed by atoms with Crippen LogP contribution in [0.3, 0.4) is 0 Å². The fourth-order valence-corrected chi connectivity index (χ4v) is 9.50. The highest BCUT2D eigenvalue weighted by atomic mass is 15.1. The van der Waals surface area contributed by atoms with Gasteiger partial charge >= 0.3 is 0 Å². The van der Waals surface area contributed by atoms with E-state index < -0.39 is 0 Å². The lowest BCUT2D eigenvalue weighted by Gasteiger charge is -2.28. The Balaban J connectivity index is 1.07. The molecule has 280 valence electrons. The molecule has 0 heterocycles. The number of fused-ring (bicyclic) bond motifs is 4. The van der Waals surface area contributed by atoms with E-state index in [1.54, 1.807) is 0 Å². The number of allylic oxidation sites excluding steroid dienone is 4. The van der Waals surface area contributed by atoms with Gasteiger partial charge in [-0.3, -0.25) is 0 Å². The van der Waals surface area contributed by atoms with E-state index >= 15 is 0 Å². The van der Waals surface area contributed by atoms with Crippen LogP contribution in [0, 0.1) is 12.8 Å². The Morgan fingerprint density at radius 3 is 1.76 bits per heavy atom. The number of nitrogens with zero attached hydrogens (tertiary/aromatic N) is 1. The molecule has 2 aliphatic carbocycles. The van der Waals surface area contributed by atoms with Crippen molar-refractivity contribution in [3.63, 3.8) is 0 Å². The smallest absolute Gasteiger partial charge is 0.0540 e. The highest BCUT2D eigenvalue weighted by Gasteiger charge is 2.35. The van der Waals surface area contributed by atoms with Crippen molar-refractivity contribution < 1.29 is 0 Å². The van der Waals surface area contributed by atoms with Gasteiger partial charge in [-0.1, -0.05) is 179 Å². The summed E-state index contributed by atoms with van der Waals surface area (Å²) in [6, 6.07) is 67.1. The molecule has 0 saturated heterocycles. The van der Waals surface area contributed by atoms with E-state index in [1.165, 1.54) is 83.1 Å². The van der Waals surface area contributed by atoms with Crippen molar-refractivity contribution in [1.82, 2.24) is 0 Å². The third-order valence-corrected chi connectivity index (χ3v) is 12.7. The van der Waals surface area contributed by atoms with Crippen molar-refractivity contribution in [2.45, 2.75) is 39.5 Å². The summed E-state index contributed by atoms with van der Waals surface area (Å²) in [5.74, 6) is 0.465. The van der Waals surface area contributed by atoms with Gasteiger partial charge in [-0.05, 0) is 133 Å². The summed E-state index contributed by atoms with van der Waals surface area (Å²) in [5.41, 5.74) is 20.4. The Bertz CT molecular complexity index is 2890. The van der Waals surface area contributed by atoms with Crippen molar-refractivity contribution in [2.75, 3.05) is 4.90 Å². The molecular weight excluding hydrogens is 699 g/mol. The van der Waals surface area contributed by atoms with Crippen LogP contribution in [0.25, 0.3) is 55.3 Å². The molecule has 8 aromatic rings. The molecule has 0 saturated carbocycles. The molecule has 0 radical (unpaired) electrons. The van der Waals surface area contributed by atoms with Gasteiger partial charge in [0.1, 0.15) is 0 Å². The molecule has 10 rings (SSSR count). The van der Waals surface area contributed by atoms with Crippen LogP contribution >= 0.6 is 0 Å². The standard InChI is InChI=1S/C57H47N/c1-38-14-8-9-17-47(38)53-36-44(23-22-39(53)2)48-34-35-56(52-20-11-10-18-49(48)52)58(45-29-24-41(25-30-45)40-15-6-5-7-16-40)46-31-26-42(27-32-46)43-28-33-51-50-19-12-13-21-54(50)57(3,4)55(51)37-43/h5-21,23-37,39H,22H2,1-4H3. The maximum Gasteiger partial charge on any atom is 0.0540 e. The Kier molecular flexibility index (Phi) is 8.83. The second kappa shape index (κ2) is 14.4. The SMILES string of the molecule is Cc1ccccc1C1=CC(c2ccc(N(c3ccc(-c4ccccc4)cc3)c3ccc(-c4ccc5c(c4)C(C)(C)c4ccccc4-5)cc3)c3ccccc23)=CCC1C. The molecule has 1 nitrogen and oxygen atoms in total. The molecule has 1 heteroatoms. The highest BCUT2D eigenvalue weighted by molar-refractivity contribution is 6.06. The maximum atomic E-state index is 2.44. The average Bonchev–Trinajstić information content (AvgIpc) is 3.50. The molecule has 8 aromatic carbocycles. The Morgan fingerprint density at radius 2 is 1.03 bits per heavy atom. The van der Waals surface area contributed by atoms with E-state index in [0.29, 0.717) is 5.92 Å². The molecule has 0 amide bonds. The lowest BCUT2D eigenvalue weighted by atomic mass is 9.81. The first-order valence-electron chi connectivity index (χ1n) is 20.7. The number of benzene rings is 8. The molecular formula is C57H47N. The Labute approximate surface area is 343 Å². The van der Waals surface area contributed by atoms with Crippen LogP contribution in [0.2, 0.25) is 0 Å². The van der Waals surface area contributed by atoms with Crippen LogP contribution in [0.5, 0.6) is 0 Å². The van der Waals surface area contributed by atoms with Gasteiger partial charge in [0.15, 0.2) is 0 Å². The molecule has 0 spiro atoms. The summed E-state index contributed by atoms with van der Waals surface area (Å²) in [7, 11) is 0. The van der Waals surface area contributed by atoms with Crippen molar-refractivity contribution in [1.29, 1.82) is 0 Å². The highest BCUT2D eigenvalue weighted by Crippen LogP contribution is 2.50. The van der Waals surface area contributed by atoms with Gasteiger partial charge < -0.3 is 4.90 Å². The second-order valence-electron chi connectivity index (χ2n) is 16.6. The fraction of sp³-hybridized carbons (Fsp3) is 0.123. The molecule has 0 N–H and O–H groups in total.